The number of hydrogen-bond donors (Lipinski definition) is 3. The molecule has 0 radical (unpaired) electrons. The van der Waals surface area contributed by atoms with E-state index in [-0.39, 0.29) is 6.61 Å². The van der Waals surface area contributed by atoms with Gasteiger partial charge in [-0.1, -0.05) is 73.5 Å². The van der Waals surface area contributed by atoms with Crippen LogP contribution in [0.15, 0.2) is 53.6 Å². The minimum absolute atomic E-state index is 0.135. The van der Waals surface area contributed by atoms with Crippen LogP contribution in [-0.4, -0.2) is 39.6 Å². The molecule has 3 rings (SSSR count). The van der Waals surface area contributed by atoms with Gasteiger partial charge in [0, 0.05) is 32.6 Å². The Morgan fingerprint density at radius 3 is 2.56 bits per heavy atom. The van der Waals surface area contributed by atoms with E-state index < -0.39 is 0 Å². The summed E-state index contributed by atoms with van der Waals surface area (Å²) in [4.78, 5) is 4.48. The molecule has 8 heteroatoms. The van der Waals surface area contributed by atoms with E-state index in [0.29, 0.717) is 23.2 Å². The number of amidine groups is 1. The van der Waals surface area contributed by atoms with Crippen LogP contribution in [-0.2, 0) is 19.6 Å². The van der Waals surface area contributed by atoms with Crippen LogP contribution in [0, 0.1) is 0 Å². The molecule has 1 aromatic heterocycles. The topological polar surface area (TPSA) is 91.7 Å². The Hall–Kier alpha value is -2.87. The van der Waals surface area contributed by atoms with Crippen molar-refractivity contribution < 1.29 is 5.11 Å². The Bertz CT molecular complexity index is 1060. The first-order chi connectivity index (χ1) is 15.5. The first-order valence-corrected chi connectivity index (χ1v) is 11.1. The number of nitrogens with two attached hydrogens (primary N) is 1. The molecule has 0 atom stereocenters. The molecule has 4 N–H and O–H groups in total. The highest BCUT2D eigenvalue weighted by Gasteiger charge is 2.16. The number of rotatable bonds is 9. The van der Waals surface area contributed by atoms with Crippen LogP contribution in [0.5, 0.6) is 0 Å². The Morgan fingerprint density at radius 1 is 1.22 bits per heavy atom. The number of nitrogens with zero attached hydrogens (tertiary/aromatic N) is 4. The quantitative estimate of drug-likeness (QED) is 0.198. The molecule has 0 fully saturated rings. The van der Waals surface area contributed by atoms with E-state index in [4.69, 9.17) is 17.4 Å². The molecule has 0 aliphatic carbocycles. The molecule has 3 aromatic rings. The lowest BCUT2D eigenvalue weighted by molar-refractivity contribution is 0.271. The standard InChI is InChI=1S/C24H31ClN6O/c1-4-5-10-22-28-23(25)21(16-32)31(22)15-17-11-13-18(14-12-17)19-8-6-7-9-20(19)24(29-26)30(3)27-2/h6-9,11-14,27,32H,4-5,10,15-16,26H2,1-3H3/b29-24-. The van der Waals surface area contributed by atoms with Gasteiger partial charge in [0.25, 0.3) is 0 Å². The Kier molecular flexibility index (Phi) is 8.27. The molecule has 2 aromatic carbocycles. The number of hydrogen-bond acceptors (Lipinski definition) is 5. The number of aliphatic hydroxyl groups is 1. The van der Waals surface area contributed by atoms with Crippen LogP contribution in [0.2, 0.25) is 5.15 Å². The van der Waals surface area contributed by atoms with E-state index in [2.05, 4.69) is 52.8 Å². The third kappa shape index (κ3) is 5.12. The minimum Gasteiger partial charge on any atom is -0.390 e. The fraction of sp³-hybridized carbons (Fsp3) is 0.333. The lowest BCUT2D eigenvalue weighted by atomic mass is 9.98. The number of halogens is 1. The van der Waals surface area contributed by atoms with Crippen LogP contribution < -0.4 is 11.3 Å². The molecule has 0 aliphatic heterocycles. The molecule has 0 saturated heterocycles. The molecule has 0 bridgehead atoms. The fourth-order valence-electron chi connectivity index (χ4n) is 3.71. The van der Waals surface area contributed by atoms with Gasteiger partial charge in [-0.25, -0.2) is 10.4 Å². The van der Waals surface area contributed by atoms with Crippen LogP contribution in [0.1, 0.15) is 42.4 Å². The number of unbranched alkanes of at least 4 members (excludes halogenated alkanes) is 1. The molecule has 0 saturated carbocycles. The second kappa shape index (κ2) is 11.1. The van der Waals surface area contributed by atoms with E-state index in [1.54, 1.807) is 5.01 Å². The van der Waals surface area contributed by atoms with Gasteiger partial charge in [0.1, 0.15) is 5.82 Å². The lowest BCUT2D eigenvalue weighted by Gasteiger charge is -2.21. The summed E-state index contributed by atoms with van der Waals surface area (Å²) in [7, 11) is 3.69. The summed E-state index contributed by atoms with van der Waals surface area (Å²) in [6, 6.07) is 16.4. The molecule has 170 valence electrons. The van der Waals surface area contributed by atoms with Gasteiger partial charge < -0.3 is 15.5 Å². The summed E-state index contributed by atoms with van der Waals surface area (Å²) in [6.07, 6.45) is 2.94. The highest BCUT2D eigenvalue weighted by Crippen LogP contribution is 2.26. The zero-order valence-electron chi connectivity index (χ0n) is 18.8. The largest absolute Gasteiger partial charge is 0.390 e. The molecule has 0 unspecified atom stereocenters. The van der Waals surface area contributed by atoms with Gasteiger partial charge in [-0.15, -0.1) is 0 Å². The Balaban J connectivity index is 1.91. The van der Waals surface area contributed by atoms with Gasteiger partial charge in [0.05, 0.1) is 12.3 Å². The van der Waals surface area contributed by atoms with Crippen molar-refractivity contribution in [3.05, 3.63) is 76.3 Å². The molecule has 0 amide bonds. The Morgan fingerprint density at radius 2 is 1.94 bits per heavy atom. The molecule has 1 heterocycles. The normalized spacial score (nSPS) is 11.7. The van der Waals surface area contributed by atoms with Crippen LogP contribution in [0.3, 0.4) is 0 Å². The van der Waals surface area contributed by atoms with Gasteiger partial charge in [-0.3, -0.25) is 5.01 Å². The minimum atomic E-state index is -0.135. The average molecular weight is 455 g/mol. The monoisotopic (exact) mass is 454 g/mol. The molecule has 0 spiro atoms. The van der Waals surface area contributed by atoms with Crippen molar-refractivity contribution in [2.24, 2.45) is 10.9 Å². The van der Waals surface area contributed by atoms with Crippen LogP contribution in [0.25, 0.3) is 11.1 Å². The fourth-order valence-corrected chi connectivity index (χ4v) is 3.97. The SMILES string of the molecule is CCCCc1nc(Cl)c(CO)n1Cc1ccc(-c2ccccc2/C(=N/N)N(C)NC)cc1. The van der Waals surface area contributed by atoms with Crippen LogP contribution >= 0.6 is 11.6 Å². The first-order valence-electron chi connectivity index (χ1n) is 10.8. The van der Waals surface area contributed by atoms with E-state index in [1.165, 1.54) is 0 Å². The predicted octanol–water partition coefficient (Wildman–Crippen LogP) is 3.77. The van der Waals surface area contributed by atoms with Crippen molar-refractivity contribution >= 4 is 17.4 Å². The molecular weight excluding hydrogens is 424 g/mol. The molecule has 32 heavy (non-hydrogen) atoms. The van der Waals surface area contributed by atoms with Crippen molar-refractivity contribution in [3.63, 3.8) is 0 Å². The number of aliphatic hydroxyl groups excluding tert-OH is 1. The number of hydrazone groups is 1. The summed E-state index contributed by atoms with van der Waals surface area (Å²) in [6.45, 7) is 2.62. The van der Waals surface area contributed by atoms with Crippen molar-refractivity contribution in [2.75, 3.05) is 14.1 Å². The van der Waals surface area contributed by atoms with E-state index in [1.807, 2.05) is 36.9 Å². The third-order valence-corrected chi connectivity index (χ3v) is 5.86. The number of benzene rings is 2. The first kappa shape index (κ1) is 23.8. The summed E-state index contributed by atoms with van der Waals surface area (Å²) in [5.41, 5.74) is 7.84. The van der Waals surface area contributed by atoms with E-state index in [0.717, 1.165) is 47.3 Å². The maximum absolute atomic E-state index is 9.80. The number of hydrazine groups is 1. The summed E-state index contributed by atoms with van der Waals surface area (Å²) in [5, 5.41) is 15.9. The van der Waals surface area contributed by atoms with Gasteiger partial charge in [0.2, 0.25) is 0 Å². The van der Waals surface area contributed by atoms with E-state index in [9.17, 15) is 5.11 Å². The lowest BCUT2D eigenvalue weighted by Crippen LogP contribution is -2.38. The van der Waals surface area contributed by atoms with Gasteiger partial charge in [-0.2, -0.15) is 5.10 Å². The van der Waals surface area contributed by atoms with Gasteiger partial charge >= 0.3 is 0 Å². The van der Waals surface area contributed by atoms with Gasteiger partial charge in [-0.05, 0) is 23.1 Å². The van der Waals surface area contributed by atoms with Gasteiger partial charge in [0.15, 0.2) is 11.0 Å². The molecule has 0 aliphatic rings. The summed E-state index contributed by atoms with van der Waals surface area (Å²) in [5.74, 6) is 7.24. The second-order valence-electron chi connectivity index (χ2n) is 7.59. The molecular formula is C24H31ClN6O. The average Bonchev–Trinajstić information content (AvgIpc) is 3.12. The highest BCUT2D eigenvalue weighted by molar-refractivity contribution is 6.30. The zero-order chi connectivity index (χ0) is 23.1. The summed E-state index contributed by atoms with van der Waals surface area (Å²) >= 11 is 6.28. The second-order valence-corrected chi connectivity index (χ2v) is 7.95. The smallest absolute Gasteiger partial charge is 0.170 e. The number of nitrogens with one attached hydrogen (secondary N) is 1. The predicted molar refractivity (Wildman–Crippen MR) is 130 cm³/mol. The maximum Gasteiger partial charge on any atom is 0.170 e. The number of imidazole rings is 1. The van der Waals surface area contributed by atoms with Crippen molar-refractivity contribution in [3.8, 4) is 11.1 Å². The van der Waals surface area contributed by atoms with E-state index >= 15 is 0 Å². The van der Waals surface area contributed by atoms with Crippen molar-refractivity contribution in [1.29, 1.82) is 0 Å². The van der Waals surface area contributed by atoms with Crippen molar-refractivity contribution in [1.82, 2.24) is 20.0 Å². The highest BCUT2D eigenvalue weighted by atomic mass is 35.5. The maximum atomic E-state index is 9.80. The Labute approximate surface area is 194 Å². The molecule has 7 nitrogen and oxygen atoms in total. The number of aryl methyl sites for hydroxylation is 1. The van der Waals surface area contributed by atoms with Crippen LogP contribution in [0.4, 0.5) is 0 Å². The van der Waals surface area contributed by atoms with Crippen molar-refractivity contribution in [2.45, 2.75) is 39.3 Å². The zero-order valence-corrected chi connectivity index (χ0v) is 19.6. The third-order valence-electron chi connectivity index (χ3n) is 5.56. The number of aromatic nitrogens is 2. The summed E-state index contributed by atoms with van der Waals surface area (Å²) < 4.78 is 2.03.